The molecule has 0 fully saturated rings. The first-order valence-electron chi connectivity index (χ1n) is 7.52. The second-order valence-corrected chi connectivity index (χ2v) is 6.29. The summed E-state index contributed by atoms with van der Waals surface area (Å²) in [5.74, 6) is 0.657. The molecular weight excluding hydrogens is 296 g/mol. The van der Waals surface area contributed by atoms with Crippen LogP contribution in [-0.4, -0.2) is 18.0 Å². The number of allylic oxidation sites excluding steroid dienone is 2. The highest BCUT2D eigenvalue weighted by Gasteiger charge is 2.25. The largest absolute Gasteiger partial charge is 0.402 e. The van der Waals surface area contributed by atoms with Crippen LogP contribution in [0.5, 0.6) is 0 Å². The van der Waals surface area contributed by atoms with Crippen molar-refractivity contribution in [2.45, 2.75) is 33.7 Å². The number of hydrogen-bond donors (Lipinski definition) is 3. The second kappa shape index (κ2) is 6.53. The number of rotatable bonds is 3. The Kier molecular flexibility index (Phi) is 4.91. The van der Waals surface area contributed by atoms with Crippen molar-refractivity contribution in [2.24, 2.45) is 11.5 Å². The number of nitrogens with zero attached hydrogens (tertiary/aromatic N) is 1. The topological polar surface area (TPSA) is 67.3 Å². The first kappa shape index (κ1) is 16.6. The van der Waals surface area contributed by atoms with E-state index in [1.54, 1.807) is 0 Å². The van der Waals surface area contributed by atoms with E-state index in [-0.39, 0.29) is 6.04 Å². The van der Waals surface area contributed by atoms with Gasteiger partial charge in [0.05, 0.1) is 11.7 Å². The first-order valence-corrected chi connectivity index (χ1v) is 7.90. The van der Waals surface area contributed by atoms with E-state index in [0.29, 0.717) is 5.82 Å². The van der Waals surface area contributed by atoms with Gasteiger partial charge in [-0.05, 0) is 50.5 Å². The summed E-state index contributed by atoms with van der Waals surface area (Å²) in [7, 11) is 0. The minimum absolute atomic E-state index is 0.124. The van der Waals surface area contributed by atoms with Gasteiger partial charge in [0.15, 0.2) is 0 Å². The fourth-order valence-corrected chi connectivity index (χ4v) is 3.29. The lowest BCUT2D eigenvalue weighted by Crippen LogP contribution is -2.42. The van der Waals surface area contributed by atoms with E-state index in [2.05, 4.69) is 36.2 Å². The van der Waals surface area contributed by atoms with Crippen molar-refractivity contribution in [3.63, 3.8) is 0 Å². The number of benzene rings is 1. The van der Waals surface area contributed by atoms with E-state index < -0.39 is 0 Å². The third-order valence-electron chi connectivity index (χ3n) is 4.09. The monoisotopic (exact) mass is 320 g/mol. The fourth-order valence-electron chi connectivity index (χ4n) is 2.92. The average molecular weight is 321 g/mol. The zero-order valence-corrected chi connectivity index (χ0v) is 14.5. The van der Waals surface area contributed by atoms with Gasteiger partial charge < -0.3 is 21.7 Å². The Labute approximate surface area is 137 Å². The van der Waals surface area contributed by atoms with Gasteiger partial charge in [-0.25, -0.2) is 0 Å². The van der Waals surface area contributed by atoms with Crippen LogP contribution >= 0.6 is 11.6 Å². The Morgan fingerprint density at radius 1 is 1.36 bits per heavy atom. The molecule has 0 aromatic heterocycles. The molecule has 0 saturated carbocycles. The molecule has 5 heteroatoms. The van der Waals surface area contributed by atoms with Gasteiger partial charge in [0, 0.05) is 23.8 Å². The third-order valence-corrected chi connectivity index (χ3v) is 4.60. The highest BCUT2D eigenvalue weighted by atomic mass is 35.5. The molecule has 1 aliphatic heterocycles. The van der Waals surface area contributed by atoms with Gasteiger partial charge in [-0.15, -0.1) is 0 Å². The lowest BCUT2D eigenvalue weighted by molar-refractivity contribution is 0.260. The molecule has 0 bridgehead atoms. The van der Waals surface area contributed by atoms with Crippen LogP contribution in [0.2, 0.25) is 5.02 Å². The highest BCUT2D eigenvalue weighted by Crippen LogP contribution is 2.35. The maximum atomic E-state index is 6.57. The summed E-state index contributed by atoms with van der Waals surface area (Å²) in [6.07, 6.45) is 1.91. The van der Waals surface area contributed by atoms with Crippen LogP contribution in [0.4, 0.5) is 0 Å². The van der Waals surface area contributed by atoms with Crippen molar-refractivity contribution in [3.05, 3.63) is 57.1 Å². The lowest BCUT2D eigenvalue weighted by atomic mass is 9.97. The van der Waals surface area contributed by atoms with Gasteiger partial charge in [-0.3, -0.25) is 0 Å². The number of nitrogens with one attached hydrogen (secondary N) is 1. The lowest BCUT2D eigenvalue weighted by Gasteiger charge is -2.38. The van der Waals surface area contributed by atoms with Crippen molar-refractivity contribution >= 4 is 11.6 Å². The Morgan fingerprint density at radius 3 is 2.64 bits per heavy atom. The summed E-state index contributed by atoms with van der Waals surface area (Å²) >= 11 is 6.57. The molecule has 1 atom stereocenters. The van der Waals surface area contributed by atoms with Crippen LogP contribution in [0.25, 0.3) is 0 Å². The van der Waals surface area contributed by atoms with E-state index in [1.165, 1.54) is 5.56 Å². The van der Waals surface area contributed by atoms with E-state index in [4.69, 9.17) is 23.1 Å². The second-order valence-electron chi connectivity index (χ2n) is 5.91. The molecule has 2 rings (SSSR count). The van der Waals surface area contributed by atoms with Crippen LogP contribution in [-0.2, 0) is 0 Å². The van der Waals surface area contributed by atoms with E-state index in [9.17, 15) is 0 Å². The van der Waals surface area contributed by atoms with Gasteiger partial charge in [-0.2, -0.15) is 0 Å². The Balaban J connectivity index is 2.48. The predicted molar refractivity (Wildman–Crippen MR) is 93.2 cm³/mol. The van der Waals surface area contributed by atoms with Crippen molar-refractivity contribution in [3.8, 4) is 0 Å². The first-order chi connectivity index (χ1) is 10.3. The highest BCUT2D eigenvalue weighted by molar-refractivity contribution is 6.32. The molecule has 120 valence electrons. The van der Waals surface area contributed by atoms with Crippen molar-refractivity contribution in [1.29, 1.82) is 0 Å². The molecule has 0 spiro atoms. The van der Waals surface area contributed by atoms with Crippen LogP contribution in [0, 0.1) is 13.8 Å². The van der Waals surface area contributed by atoms with Gasteiger partial charge in [0.2, 0.25) is 0 Å². The zero-order valence-electron chi connectivity index (χ0n) is 13.7. The van der Waals surface area contributed by atoms with Crippen molar-refractivity contribution in [1.82, 2.24) is 10.2 Å². The molecule has 1 aromatic carbocycles. The van der Waals surface area contributed by atoms with Crippen molar-refractivity contribution in [2.75, 3.05) is 13.1 Å². The maximum Gasteiger partial charge on any atom is 0.120 e. The van der Waals surface area contributed by atoms with E-state index in [0.717, 1.165) is 40.6 Å². The standard InChI is InChI=1S/C17H25ClN4/c1-10-5-6-11(2)16(18)15(10)13(4)22-8-7-21-17(20)14(22)9-12(3)19/h5-6,9,13,21H,7-8,19-20H2,1-4H3/b12-9-. The Hall–Kier alpha value is -1.81. The molecule has 5 N–H and O–H groups in total. The number of halogens is 1. The predicted octanol–water partition coefficient (Wildman–Crippen LogP) is 2.91. The minimum atomic E-state index is 0.124. The van der Waals surface area contributed by atoms with Crippen LogP contribution in [0.3, 0.4) is 0 Å². The van der Waals surface area contributed by atoms with Crippen molar-refractivity contribution < 1.29 is 0 Å². The molecule has 1 aromatic rings. The summed E-state index contributed by atoms with van der Waals surface area (Å²) in [6.45, 7) is 9.81. The number of aryl methyl sites for hydroxylation is 2. The molecular formula is C17H25ClN4. The Bertz CT molecular complexity index is 630. The minimum Gasteiger partial charge on any atom is -0.402 e. The number of hydrogen-bond acceptors (Lipinski definition) is 4. The summed E-state index contributed by atoms with van der Waals surface area (Å²) in [6, 6.07) is 4.30. The molecule has 1 heterocycles. The SMILES string of the molecule is C/C(N)=C/C1=C(N)NCCN1C(C)c1c(C)ccc(C)c1Cl. The summed E-state index contributed by atoms with van der Waals surface area (Å²) in [5.41, 5.74) is 17.1. The summed E-state index contributed by atoms with van der Waals surface area (Å²) < 4.78 is 0. The van der Waals surface area contributed by atoms with Crippen LogP contribution in [0.15, 0.2) is 35.4 Å². The summed E-state index contributed by atoms with van der Waals surface area (Å²) in [5, 5.41) is 4.03. The van der Waals surface area contributed by atoms with Gasteiger partial charge in [-0.1, -0.05) is 23.7 Å². The quantitative estimate of drug-likeness (QED) is 0.801. The van der Waals surface area contributed by atoms with E-state index in [1.807, 2.05) is 19.9 Å². The van der Waals surface area contributed by atoms with Gasteiger partial charge in [0.25, 0.3) is 0 Å². The zero-order chi connectivity index (χ0) is 16.4. The third kappa shape index (κ3) is 3.17. The molecule has 0 saturated heterocycles. The Morgan fingerprint density at radius 2 is 2.00 bits per heavy atom. The maximum absolute atomic E-state index is 6.57. The van der Waals surface area contributed by atoms with Gasteiger partial charge in [0.1, 0.15) is 5.82 Å². The smallest absolute Gasteiger partial charge is 0.120 e. The summed E-state index contributed by atoms with van der Waals surface area (Å²) in [4.78, 5) is 2.26. The molecule has 22 heavy (non-hydrogen) atoms. The normalized spacial score (nSPS) is 17.5. The van der Waals surface area contributed by atoms with Crippen LogP contribution < -0.4 is 16.8 Å². The van der Waals surface area contributed by atoms with Gasteiger partial charge >= 0.3 is 0 Å². The molecule has 1 unspecified atom stereocenters. The molecule has 1 aliphatic rings. The number of nitrogens with two attached hydrogens (primary N) is 2. The fraction of sp³-hybridized carbons (Fsp3) is 0.412. The molecule has 4 nitrogen and oxygen atoms in total. The molecule has 0 radical (unpaired) electrons. The molecule has 0 amide bonds. The van der Waals surface area contributed by atoms with Crippen LogP contribution in [0.1, 0.15) is 36.6 Å². The average Bonchev–Trinajstić information content (AvgIpc) is 2.45. The molecule has 0 aliphatic carbocycles. The van der Waals surface area contributed by atoms with E-state index >= 15 is 0 Å².